The van der Waals surface area contributed by atoms with Gasteiger partial charge >= 0.3 is 0 Å². The highest BCUT2D eigenvalue weighted by Gasteiger charge is 2.19. The lowest BCUT2D eigenvalue weighted by Crippen LogP contribution is -2.14. The SMILES string of the molecule is Cc1cn(-c2ccccc2)nc1NC(=O)c1cc(C(C)C)n(-c2ccccn2)n1. The number of para-hydroxylation sites is 1. The van der Waals surface area contributed by atoms with Crippen LogP contribution in [-0.2, 0) is 0 Å². The van der Waals surface area contributed by atoms with Crippen molar-refractivity contribution in [1.29, 1.82) is 0 Å². The van der Waals surface area contributed by atoms with Gasteiger partial charge in [0.25, 0.3) is 5.91 Å². The van der Waals surface area contributed by atoms with Gasteiger partial charge in [-0.15, -0.1) is 5.10 Å². The molecule has 0 saturated heterocycles. The van der Waals surface area contributed by atoms with E-state index in [1.54, 1.807) is 21.6 Å². The number of carbonyl (C=O) groups is 1. The Labute approximate surface area is 169 Å². The summed E-state index contributed by atoms with van der Waals surface area (Å²) < 4.78 is 3.46. The van der Waals surface area contributed by atoms with E-state index in [0.29, 0.717) is 17.3 Å². The molecule has 1 amide bonds. The molecule has 0 aliphatic carbocycles. The standard InChI is InChI=1S/C22H22N6O/c1-15(2)19-13-18(25-28(19)20-11-7-8-12-23-20)22(29)24-21-16(3)14-27(26-21)17-9-5-4-6-10-17/h4-15H,1-3H3,(H,24,26,29). The molecule has 1 aromatic carbocycles. The van der Waals surface area contributed by atoms with Crippen LogP contribution in [0.3, 0.4) is 0 Å². The van der Waals surface area contributed by atoms with Crippen molar-refractivity contribution < 1.29 is 4.79 Å². The summed E-state index contributed by atoms with van der Waals surface area (Å²) in [5.74, 6) is 1.07. The zero-order valence-electron chi connectivity index (χ0n) is 16.6. The largest absolute Gasteiger partial charge is 0.303 e. The highest BCUT2D eigenvalue weighted by atomic mass is 16.2. The quantitative estimate of drug-likeness (QED) is 0.559. The Balaban J connectivity index is 1.62. The number of pyridine rings is 1. The molecular formula is C22H22N6O. The third kappa shape index (κ3) is 3.80. The first kappa shape index (κ1) is 18.6. The summed E-state index contributed by atoms with van der Waals surface area (Å²) in [6.07, 6.45) is 3.59. The predicted octanol–water partition coefficient (Wildman–Crippen LogP) is 4.14. The molecule has 29 heavy (non-hydrogen) atoms. The molecule has 0 spiro atoms. The first-order valence-electron chi connectivity index (χ1n) is 9.47. The number of rotatable bonds is 5. The molecule has 0 atom stereocenters. The van der Waals surface area contributed by atoms with Crippen LogP contribution in [0.2, 0.25) is 0 Å². The van der Waals surface area contributed by atoms with Crippen molar-refractivity contribution in [2.24, 2.45) is 0 Å². The molecule has 0 aliphatic heterocycles. The van der Waals surface area contributed by atoms with Gasteiger partial charge in [0, 0.05) is 23.7 Å². The van der Waals surface area contributed by atoms with Crippen molar-refractivity contribution in [2.75, 3.05) is 5.32 Å². The van der Waals surface area contributed by atoms with E-state index in [2.05, 4.69) is 34.3 Å². The number of aryl methyl sites for hydroxylation is 1. The zero-order chi connectivity index (χ0) is 20.4. The summed E-state index contributed by atoms with van der Waals surface area (Å²) in [5.41, 5.74) is 3.04. The van der Waals surface area contributed by atoms with E-state index >= 15 is 0 Å². The van der Waals surface area contributed by atoms with Crippen molar-refractivity contribution in [2.45, 2.75) is 26.7 Å². The van der Waals surface area contributed by atoms with Crippen LogP contribution < -0.4 is 5.32 Å². The summed E-state index contributed by atoms with van der Waals surface area (Å²) in [7, 11) is 0. The van der Waals surface area contributed by atoms with E-state index in [9.17, 15) is 4.79 Å². The molecule has 7 nitrogen and oxygen atoms in total. The van der Waals surface area contributed by atoms with Crippen LogP contribution in [0.5, 0.6) is 0 Å². The Morgan fingerprint density at radius 1 is 1.03 bits per heavy atom. The number of anilines is 1. The number of nitrogens with one attached hydrogen (secondary N) is 1. The molecule has 4 rings (SSSR count). The average molecular weight is 386 g/mol. The molecule has 146 valence electrons. The number of aromatic nitrogens is 5. The van der Waals surface area contributed by atoms with Crippen molar-refractivity contribution in [3.63, 3.8) is 0 Å². The van der Waals surface area contributed by atoms with Gasteiger partial charge in [-0.25, -0.2) is 14.3 Å². The molecule has 3 aromatic heterocycles. The fourth-order valence-corrected chi connectivity index (χ4v) is 3.05. The van der Waals surface area contributed by atoms with Crippen LogP contribution in [0.15, 0.2) is 67.0 Å². The van der Waals surface area contributed by atoms with Crippen molar-refractivity contribution in [1.82, 2.24) is 24.5 Å². The topological polar surface area (TPSA) is 77.6 Å². The minimum Gasteiger partial charge on any atom is -0.303 e. The van der Waals surface area contributed by atoms with E-state index < -0.39 is 0 Å². The van der Waals surface area contributed by atoms with Gasteiger partial charge in [0.1, 0.15) is 0 Å². The van der Waals surface area contributed by atoms with Gasteiger partial charge in [-0.05, 0) is 43.2 Å². The number of carbonyl (C=O) groups excluding carboxylic acids is 1. The molecule has 3 heterocycles. The Kier molecular flexibility index (Phi) is 4.95. The molecular weight excluding hydrogens is 364 g/mol. The van der Waals surface area contributed by atoms with Gasteiger partial charge in [0.05, 0.1) is 5.69 Å². The Morgan fingerprint density at radius 2 is 1.79 bits per heavy atom. The maximum absolute atomic E-state index is 12.9. The van der Waals surface area contributed by atoms with E-state index in [1.807, 2.05) is 61.7 Å². The van der Waals surface area contributed by atoms with Crippen molar-refractivity contribution in [3.05, 3.63) is 83.9 Å². The summed E-state index contributed by atoms with van der Waals surface area (Å²) in [6, 6.07) is 17.2. The summed E-state index contributed by atoms with van der Waals surface area (Å²) >= 11 is 0. The third-order valence-corrected chi connectivity index (χ3v) is 4.58. The lowest BCUT2D eigenvalue weighted by Gasteiger charge is -2.08. The van der Waals surface area contributed by atoms with Crippen LogP contribution in [-0.4, -0.2) is 30.5 Å². The number of hydrogen-bond acceptors (Lipinski definition) is 4. The Morgan fingerprint density at radius 3 is 2.48 bits per heavy atom. The van der Waals surface area contributed by atoms with E-state index in [0.717, 1.165) is 16.9 Å². The molecule has 0 aliphatic rings. The molecule has 1 N–H and O–H groups in total. The molecule has 4 aromatic rings. The Hall–Kier alpha value is -3.74. The minimum atomic E-state index is -0.303. The summed E-state index contributed by atoms with van der Waals surface area (Å²) in [5, 5.41) is 11.9. The molecule has 0 radical (unpaired) electrons. The molecule has 0 bridgehead atoms. The second-order valence-electron chi connectivity index (χ2n) is 7.10. The lowest BCUT2D eigenvalue weighted by molar-refractivity contribution is 0.102. The number of nitrogens with zero attached hydrogens (tertiary/aromatic N) is 5. The fourth-order valence-electron chi connectivity index (χ4n) is 3.05. The van der Waals surface area contributed by atoms with Crippen molar-refractivity contribution >= 4 is 11.7 Å². The maximum Gasteiger partial charge on any atom is 0.277 e. The predicted molar refractivity (Wildman–Crippen MR) is 112 cm³/mol. The van der Waals surface area contributed by atoms with Crippen LogP contribution in [0.1, 0.15) is 41.5 Å². The average Bonchev–Trinajstić information content (AvgIpc) is 3.34. The highest BCUT2D eigenvalue weighted by molar-refractivity contribution is 6.02. The lowest BCUT2D eigenvalue weighted by atomic mass is 10.1. The van der Waals surface area contributed by atoms with Gasteiger partial charge in [0.15, 0.2) is 17.3 Å². The molecule has 0 saturated carbocycles. The van der Waals surface area contributed by atoms with Gasteiger partial charge in [-0.1, -0.05) is 38.1 Å². The third-order valence-electron chi connectivity index (χ3n) is 4.58. The second kappa shape index (κ2) is 7.71. The fraction of sp³-hybridized carbons (Fsp3) is 0.182. The summed E-state index contributed by atoms with van der Waals surface area (Å²) in [6.45, 7) is 6.03. The molecule has 7 heteroatoms. The number of amides is 1. The number of benzene rings is 1. The maximum atomic E-state index is 12.9. The van der Waals surface area contributed by atoms with Crippen molar-refractivity contribution in [3.8, 4) is 11.5 Å². The normalized spacial score (nSPS) is 11.0. The smallest absolute Gasteiger partial charge is 0.277 e. The van der Waals surface area contributed by atoms with E-state index in [4.69, 9.17) is 0 Å². The van der Waals surface area contributed by atoms with Crippen LogP contribution >= 0.6 is 0 Å². The minimum absolute atomic E-state index is 0.185. The van der Waals surface area contributed by atoms with Gasteiger partial charge in [-0.3, -0.25) is 4.79 Å². The van der Waals surface area contributed by atoms with Crippen LogP contribution in [0.25, 0.3) is 11.5 Å². The van der Waals surface area contributed by atoms with Gasteiger partial charge < -0.3 is 5.32 Å². The number of hydrogen-bond donors (Lipinski definition) is 1. The molecule has 0 unspecified atom stereocenters. The van der Waals surface area contributed by atoms with Crippen LogP contribution in [0, 0.1) is 6.92 Å². The van der Waals surface area contributed by atoms with Gasteiger partial charge in [0.2, 0.25) is 0 Å². The zero-order valence-corrected chi connectivity index (χ0v) is 16.6. The summed E-state index contributed by atoms with van der Waals surface area (Å²) in [4.78, 5) is 17.2. The first-order valence-corrected chi connectivity index (χ1v) is 9.47. The second-order valence-corrected chi connectivity index (χ2v) is 7.10. The van der Waals surface area contributed by atoms with E-state index in [1.165, 1.54) is 0 Å². The van der Waals surface area contributed by atoms with Crippen LogP contribution in [0.4, 0.5) is 5.82 Å². The van der Waals surface area contributed by atoms with E-state index in [-0.39, 0.29) is 11.8 Å². The molecule has 0 fully saturated rings. The first-order chi connectivity index (χ1) is 14.0. The monoisotopic (exact) mass is 386 g/mol. The highest BCUT2D eigenvalue weighted by Crippen LogP contribution is 2.21. The Bertz CT molecular complexity index is 1130. The van der Waals surface area contributed by atoms with Gasteiger partial charge in [-0.2, -0.15) is 5.10 Å².